The molecule has 21 heavy (non-hydrogen) atoms. The maximum absolute atomic E-state index is 13.5. The molecule has 2 aromatic carbocycles. The molecule has 0 aliphatic rings. The van der Waals surface area contributed by atoms with E-state index in [0.29, 0.717) is 0 Å². The van der Waals surface area contributed by atoms with Gasteiger partial charge in [-0.05, 0) is 24.3 Å². The molecule has 2 aromatic rings. The molecule has 0 saturated carbocycles. The average molecular weight is 311 g/mol. The molecule has 6 nitrogen and oxygen atoms in total. The zero-order valence-electron chi connectivity index (χ0n) is 10.3. The zero-order valence-corrected chi connectivity index (χ0v) is 11.1. The number of hydrogen-bond acceptors (Lipinski definition) is 4. The van der Waals surface area contributed by atoms with Crippen LogP contribution in [0, 0.1) is 15.9 Å². The van der Waals surface area contributed by atoms with E-state index < -0.39 is 16.6 Å². The fourth-order valence-corrected chi connectivity index (χ4v) is 1.75. The van der Waals surface area contributed by atoms with Gasteiger partial charge in [-0.1, -0.05) is 11.6 Å². The summed E-state index contributed by atoms with van der Waals surface area (Å²) in [4.78, 5) is 21.8. The Balaban J connectivity index is 2.28. The first-order chi connectivity index (χ1) is 9.88. The lowest BCUT2D eigenvalue weighted by Crippen LogP contribution is -2.13. The fourth-order valence-electron chi connectivity index (χ4n) is 1.57. The van der Waals surface area contributed by atoms with E-state index in [4.69, 9.17) is 11.6 Å². The third kappa shape index (κ3) is 3.26. The number of nitro groups is 1. The normalized spacial score (nSPS) is 10.2. The van der Waals surface area contributed by atoms with E-state index in [-0.39, 0.29) is 27.7 Å². The Labute approximate surface area is 122 Å². The highest BCUT2D eigenvalue weighted by molar-refractivity contribution is 6.32. The van der Waals surface area contributed by atoms with E-state index in [2.05, 4.69) is 5.32 Å². The third-order valence-electron chi connectivity index (χ3n) is 2.62. The highest BCUT2D eigenvalue weighted by atomic mass is 35.5. The van der Waals surface area contributed by atoms with Crippen LogP contribution in [0.4, 0.5) is 15.8 Å². The summed E-state index contributed by atoms with van der Waals surface area (Å²) in [5.74, 6) is -1.72. The maximum atomic E-state index is 13.5. The Morgan fingerprint density at radius 3 is 2.62 bits per heavy atom. The van der Waals surface area contributed by atoms with E-state index >= 15 is 0 Å². The van der Waals surface area contributed by atoms with Crippen molar-refractivity contribution >= 4 is 28.9 Å². The molecule has 0 radical (unpaired) electrons. The van der Waals surface area contributed by atoms with Gasteiger partial charge in [0.2, 0.25) is 0 Å². The second-order valence-electron chi connectivity index (χ2n) is 4.04. The lowest BCUT2D eigenvalue weighted by Gasteiger charge is -2.07. The number of phenols is 1. The molecule has 8 heteroatoms. The summed E-state index contributed by atoms with van der Waals surface area (Å²) >= 11 is 5.67. The lowest BCUT2D eigenvalue weighted by molar-refractivity contribution is -0.384. The fraction of sp³-hybridized carbons (Fsp3) is 0. The zero-order chi connectivity index (χ0) is 15.6. The van der Waals surface area contributed by atoms with Crippen molar-refractivity contribution in [3.8, 4) is 5.75 Å². The van der Waals surface area contributed by atoms with E-state index in [9.17, 15) is 24.4 Å². The predicted octanol–water partition coefficient (Wildman–Crippen LogP) is 3.35. The molecule has 0 heterocycles. The Bertz CT molecular complexity index is 736. The van der Waals surface area contributed by atoms with E-state index in [1.165, 1.54) is 18.2 Å². The SMILES string of the molecule is O=C(Nc1cc([N+](=O)[O-])ccc1F)c1ccc(O)c(Cl)c1. The molecule has 0 aliphatic heterocycles. The number of rotatable bonds is 3. The molecule has 0 bridgehead atoms. The lowest BCUT2D eigenvalue weighted by atomic mass is 10.2. The van der Waals surface area contributed by atoms with Gasteiger partial charge in [-0.2, -0.15) is 0 Å². The summed E-state index contributed by atoms with van der Waals surface area (Å²) < 4.78 is 13.5. The van der Waals surface area contributed by atoms with Gasteiger partial charge in [0, 0.05) is 17.7 Å². The monoisotopic (exact) mass is 310 g/mol. The van der Waals surface area contributed by atoms with Crippen LogP contribution in [0.2, 0.25) is 5.02 Å². The van der Waals surface area contributed by atoms with Gasteiger partial charge in [0.05, 0.1) is 15.6 Å². The number of aromatic hydroxyl groups is 1. The second kappa shape index (κ2) is 5.76. The van der Waals surface area contributed by atoms with Crippen LogP contribution in [0.15, 0.2) is 36.4 Å². The minimum absolute atomic E-state index is 0.0397. The number of nitrogens with one attached hydrogen (secondary N) is 1. The molecule has 0 fully saturated rings. The predicted molar refractivity (Wildman–Crippen MR) is 74.1 cm³/mol. The Kier molecular flexibility index (Phi) is 4.04. The number of nitrogens with zero attached hydrogens (tertiary/aromatic N) is 1. The number of phenolic OH excluding ortho intramolecular Hbond substituents is 1. The van der Waals surface area contributed by atoms with E-state index in [0.717, 1.165) is 18.2 Å². The highest BCUT2D eigenvalue weighted by Gasteiger charge is 2.15. The maximum Gasteiger partial charge on any atom is 0.271 e. The van der Waals surface area contributed by atoms with Gasteiger partial charge in [0.25, 0.3) is 11.6 Å². The van der Waals surface area contributed by atoms with Crippen molar-refractivity contribution in [3.05, 3.63) is 62.9 Å². The van der Waals surface area contributed by atoms with Gasteiger partial charge >= 0.3 is 0 Å². The number of carbonyl (C=O) groups excluding carboxylic acids is 1. The molecular weight excluding hydrogens is 303 g/mol. The van der Waals surface area contributed by atoms with Gasteiger partial charge in [-0.25, -0.2) is 4.39 Å². The molecule has 1 amide bonds. The van der Waals surface area contributed by atoms with Crippen LogP contribution in [0.5, 0.6) is 5.75 Å². The molecule has 0 spiro atoms. The quantitative estimate of drug-likeness (QED) is 0.671. The second-order valence-corrected chi connectivity index (χ2v) is 4.45. The van der Waals surface area contributed by atoms with Crippen molar-refractivity contribution in [1.29, 1.82) is 0 Å². The highest BCUT2D eigenvalue weighted by Crippen LogP contribution is 2.25. The number of hydrogen-bond donors (Lipinski definition) is 2. The topological polar surface area (TPSA) is 92.5 Å². The molecule has 0 saturated heterocycles. The van der Waals surface area contributed by atoms with Crippen LogP contribution < -0.4 is 5.32 Å². The van der Waals surface area contributed by atoms with Crippen LogP contribution in [0.3, 0.4) is 0 Å². The van der Waals surface area contributed by atoms with Gasteiger partial charge in [-0.3, -0.25) is 14.9 Å². The first-order valence-corrected chi connectivity index (χ1v) is 6.00. The Morgan fingerprint density at radius 1 is 1.29 bits per heavy atom. The number of carbonyl (C=O) groups is 1. The van der Waals surface area contributed by atoms with E-state index in [1.54, 1.807) is 0 Å². The van der Waals surface area contributed by atoms with Crippen LogP contribution in [-0.2, 0) is 0 Å². The summed E-state index contributed by atoms with van der Waals surface area (Å²) in [6.07, 6.45) is 0. The van der Waals surface area contributed by atoms with Crippen molar-refractivity contribution in [2.75, 3.05) is 5.32 Å². The summed E-state index contributed by atoms with van der Waals surface area (Å²) in [6.45, 7) is 0. The van der Waals surface area contributed by atoms with Crippen LogP contribution in [-0.4, -0.2) is 15.9 Å². The molecular formula is C13H8ClFN2O4. The standard InChI is InChI=1S/C13H8ClFN2O4/c14-9-5-7(1-4-12(9)18)13(19)16-11-6-8(17(20)21)2-3-10(11)15/h1-6,18H,(H,16,19). The van der Waals surface area contributed by atoms with Crippen LogP contribution in [0.1, 0.15) is 10.4 Å². The molecule has 2 N–H and O–H groups in total. The van der Waals surface area contributed by atoms with Crippen molar-refractivity contribution in [2.24, 2.45) is 0 Å². The molecule has 0 unspecified atom stereocenters. The van der Waals surface area contributed by atoms with Crippen molar-refractivity contribution in [3.63, 3.8) is 0 Å². The number of halogens is 2. The summed E-state index contributed by atoms with van der Waals surface area (Å²) in [6, 6.07) is 6.48. The minimum atomic E-state index is -0.807. The van der Waals surface area contributed by atoms with Gasteiger partial charge < -0.3 is 10.4 Å². The summed E-state index contributed by atoms with van der Waals surface area (Å²) in [5.41, 5.74) is -0.599. The molecule has 0 aliphatic carbocycles. The largest absolute Gasteiger partial charge is 0.506 e. The number of non-ortho nitro benzene ring substituents is 1. The first-order valence-electron chi connectivity index (χ1n) is 5.62. The molecule has 2 rings (SSSR count). The molecule has 108 valence electrons. The first kappa shape index (κ1) is 14.7. The van der Waals surface area contributed by atoms with Gasteiger partial charge in [0.15, 0.2) is 0 Å². The number of amides is 1. The Hall–Kier alpha value is -2.67. The van der Waals surface area contributed by atoms with Crippen LogP contribution >= 0.6 is 11.6 Å². The van der Waals surface area contributed by atoms with Crippen molar-refractivity contribution in [1.82, 2.24) is 0 Å². The van der Waals surface area contributed by atoms with E-state index in [1.807, 2.05) is 0 Å². The number of nitro benzene ring substituents is 1. The van der Waals surface area contributed by atoms with Crippen molar-refractivity contribution < 1.29 is 19.2 Å². The van der Waals surface area contributed by atoms with Crippen LogP contribution in [0.25, 0.3) is 0 Å². The number of anilines is 1. The minimum Gasteiger partial charge on any atom is -0.506 e. The third-order valence-corrected chi connectivity index (χ3v) is 2.92. The molecule has 0 atom stereocenters. The van der Waals surface area contributed by atoms with Crippen molar-refractivity contribution in [2.45, 2.75) is 0 Å². The summed E-state index contributed by atoms with van der Waals surface area (Å²) in [7, 11) is 0. The molecule has 0 aromatic heterocycles. The van der Waals surface area contributed by atoms with Gasteiger partial charge in [-0.15, -0.1) is 0 Å². The smallest absolute Gasteiger partial charge is 0.271 e. The number of benzene rings is 2. The summed E-state index contributed by atoms with van der Waals surface area (Å²) in [5, 5.41) is 22.1. The average Bonchev–Trinajstić information content (AvgIpc) is 2.43. The van der Waals surface area contributed by atoms with Gasteiger partial charge in [0.1, 0.15) is 11.6 Å². The Morgan fingerprint density at radius 2 is 2.00 bits per heavy atom.